The van der Waals surface area contributed by atoms with Crippen LogP contribution in [-0.2, 0) is 6.42 Å². The number of para-hydroxylation sites is 2. The number of nitrogens with zero attached hydrogens (tertiary/aromatic N) is 1. The summed E-state index contributed by atoms with van der Waals surface area (Å²) in [4.78, 5) is 0. The van der Waals surface area contributed by atoms with Crippen LogP contribution in [0.15, 0.2) is 156 Å². The van der Waals surface area contributed by atoms with E-state index in [0.29, 0.717) is 0 Å². The van der Waals surface area contributed by atoms with Gasteiger partial charge >= 0.3 is 0 Å². The van der Waals surface area contributed by atoms with E-state index in [4.69, 9.17) is 10.2 Å². The van der Waals surface area contributed by atoms with Gasteiger partial charge in [-0.1, -0.05) is 103 Å². The molecule has 2 heterocycles. The largest absolute Gasteiger partial charge is 0.456 e. The van der Waals surface area contributed by atoms with Crippen molar-refractivity contribution < 1.29 is 4.42 Å². The molecule has 9 aromatic rings. The number of rotatable bonds is 4. The van der Waals surface area contributed by atoms with E-state index < -0.39 is 0 Å². The molecule has 0 radical (unpaired) electrons. The molecule has 0 unspecified atom stereocenters. The Balaban J connectivity index is 1.07. The molecule has 0 fully saturated rings. The minimum Gasteiger partial charge on any atom is -0.456 e. The average Bonchev–Trinajstić information content (AvgIpc) is 3.81. The van der Waals surface area contributed by atoms with E-state index in [1.54, 1.807) is 0 Å². The van der Waals surface area contributed by atoms with Gasteiger partial charge in [0.05, 0.1) is 11.0 Å². The topological polar surface area (TPSA) is 44.1 Å². The highest BCUT2D eigenvalue weighted by molar-refractivity contribution is 6.11. The van der Waals surface area contributed by atoms with Crippen molar-refractivity contribution >= 4 is 55.5 Å². The van der Waals surface area contributed by atoms with Gasteiger partial charge in [-0.3, -0.25) is 0 Å². The highest BCUT2D eigenvalue weighted by Crippen LogP contribution is 2.40. The third-order valence-corrected chi connectivity index (χ3v) is 10.0. The molecule has 7 aromatic carbocycles. The van der Waals surface area contributed by atoms with Crippen LogP contribution in [-0.4, -0.2) is 4.57 Å². The molecule has 0 spiro atoms. The van der Waals surface area contributed by atoms with E-state index in [1.165, 1.54) is 55.2 Å². The zero-order chi connectivity index (χ0) is 31.8. The van der Waals surface area contributed by atoms with Gasteiger partial charge in [0.2, 0.25) is 0 Å². The molecule has 3 nitrogen and oxygen atoms in total. The van der Waals surface area contributed by atoms with Crippen LogP contribution in [0.2, 0.25) is 0 Å². The van der Waals surface area contributed by atoms with Crippen molar-refractivity contribution in [2.75, 3.05) is 0 Å². The van der Waals surface area contributed by atoms with Crippen molar-refractivity contribution in [3.8, 4) is 27.9 Å². The summed E-state index contributed by atoms with van der Waals surface area (Å²) in [6.45, 7) is 0. The molecule has 2 N–H and O–H groups in total. The predicted octanol–water partition coefficient (Wildman–Crippen LogP) is 11.4. The van der Waals surface area contributed by atoms with Gasteiger partial charge in [-0.05, 0) is 106 Å². The second kappa shape index (κ2) is 10.3. The monoisotopic (exact) mass is 614 g/mol. The molecule has 2 aromatic heterocycles. The standard InChI is InChI=1S/C45H30N2O/c46-41(27-31-10-8-16-35-34-13-2-1-9-30(34)26-38(31)35)32-11-7-12-33(23-32)47-42-17-5-3-14-36(42)39-24-28(19-21-43(39)47)29-20-22-45-40(25-29)37-15-4-6-18-44(37)48-45/h1-25,27H,26,46H2/b41-27-. The summed E-state index contributed by atoms with van der Waals surface area (Å²) in [6.07, 6.45) is 3.07. The van der Waals surface area contributed by atoms with Crippen LogP contribution in [0.1, 0.15) is 22.3 Å². The number of aromatic nitrogens is 1. The van der Waals surface area contributed by atoms with Crippen molar-refractivity contribution in [2.45, 2.75) is 6.42 Å². The smallest absolute Gasteiger partial charge is 0.135 e. The maximum atomic E-state index is 6.87. The van der Waals surface area contributed by atoms with Gasteiger partial charge in [0, 0.05) is 32.9 Å². The SMILES string of the molecule is N/C(=C\c1cccc2c1Cc1ccccc1-2)c1cccc(-n2c3ccccc3c3cc(-c4ccc5oc6ccccc6c5c4)ccc32)c1. The summed E-state index contributed by atoms with van der Waals surface area (Å²) in [7, 11) is 0. The summed E-state index contributed by atoms with van der Waals surface area (Å²) in [5.41, 5.74) is 22.7. The average molecular weight is 615 g/mol. The zero-order valence-corrected chi connectivity index (χ0v) is 26.2. The van der Waals surface area contributed by atoms with E-state index >= 15 is 0 Å². The van der Waals surface area contributed by atoms with Gasteiger partial charge in [-0.25, -0.2) is 0 Å². The molecule has 0 amide bonds. The zero-order valence-electron chi connectivity index (χ0n) is 26.2. The maximum absolute atomic E-state index is 6.87. The van der Waals surface area contributed by atoms with Crippen molar-refractivity contribution in [3.63, 3.8) is 0 Å². The Labute approximate surface area is 277 Å². The van der Waals surface area contributed by atoms with E-state index in [-0.39, 0.29) is 0 Å². The molecule has 3 heteroatoms. The fourth-order valence-electron chi connectivity index (χ4n) is 7.73. The fourth-order valence-corrected chi connectivity index (χ4v) is 7.73. The quantitative estimate of drug-likeness (QED) is 0.200. The lowest BCUT2D eigenvalue weighted by molar-refractivity contribution is 0.669. The molecule has 10 rings (SSSR count). The number of nitrogens with two attached hydrogens (primary N) is 1. The van der Waals surface area contributed by atoms with Crippen molar-refractivity contribution in [2.24, 2.45) is 5.73 Å². The summed E-state index contributed by atoms with van der Waals surface area (Å²) >= 11 is 0. The van der Waals surface area contributed by atoms with Crippen LogP contribution in [0.4, 0.5) is 0 Å². The summed E-state index contributed by atoms with van der Waals surface area (Å²) in [6, 6.07) is 54.0. The molecule has 1 aliphatic carbocycles. The molecule has 0 atom stereocenters. The molecule has 1 aliphatic rings. The minimum absolute atomic E-state index is 0.756. The maximum Gasteiger partial charge on any atom is 0.135 e. The van der Waals surface area contributed by atoms with Gasteiger partial charge in [0.1, 0.15) is 11.2 Å². The number of benzene rings is 7. The van der Waals surface area contributed by atoms with Crippen LogP contribution in [0.3, 0.4) is 0 Å². The van der Waals surface area contributed by atoms with Crippen LogP contribution in [0.25, 0.3) is 83.5 Å². The van der Waals surface area contributed by atoms with E-state index in [9.17, 15) is 0 Å². The summed E-state index contributed by atoms with van der Waals surface area (Å²) < 4.78 is 8.46. The first kappa shape index (κ1) is 26.9. The van der Waals surface area contributed by atoms with Crippen molar-refractivity contribution in [1.29, 1.82) is 0 Å². The lowest BCUT2D eigenvalue weighted by Crippen LogP contribution is -2.00. The van der Waals surface area contributed by atoms with Crippen LogP contribution < -0.4 is 5.73 Å². The first-order valence-corrected chi connectivity index (χ1v) is 16.4. The molecule has 0 aliphatic heterocycles. The first-order valence-electron chi connectivity index (χ1n) is 16.4. The third kappa shape index (κ3) is 4.08. The van der Waals surface area contributed by atoms with E-state index in [2.05, 4.69) is 150 Å². The van der Waals surface area contributed by atoms with Crippen LogP contribution in [0.5, 0.6) is 0 Å². The van der Waals surface area contributed by atoms with Crippen molar-refractivity contribution in [3.05, 3.63) is 174 Å². The van der Waals surface area contributed by atoms with Crippen LogP contribution >= 0.6 is 0 Å². The number of furan rings is 1. The predicted molar refractivity (Wildman–Crippen MR) is 200 cm³/mol. The summed E-state index contributed by atoms with van der Waals surface area (Å²) in [5, 5.41) is 4.71. The molecule has 0 bridgehead atoms. The second-order valence-corrected chi connectivity index (χ2v) is 12.8. The highest BCUT2D eigenvalue weighted by Gasteiger charge is 2.20. The molecule has 0 saturated heterocycles. The number of hydrogen-bond donors (Lipinski definition) is 1. The molecular formula is C45H30N2O. The highest BCUT2D eigenvalue weighted by atomic mass is 16.3. The van der Waals surface area contributed by atoms with Gasteiger partial charge in [0.15, 0.2) is 0 Å². The minimum atomic E-state index is 0.756. The second-order valence-electron chi connectivity index (χ2n) is 12.8. The molecular weight excluding hydrogens is 585 g/mol. The number of fused-ring (bicyclic) bond motifs is 9. The normalized spacial score (nSPS) is 12.7. The van der Waals surface area contributed by atoms with Gasteiger partial charge in [-0.15, -0.1) is 0 Å². The van der Waals surface area contributed by atoms with E-state index in [0.717, 1.165) is 50.8 Å². The Morgan fingerprint density at radius 2 is 1.27 bits per heavy atom. The Kier molecular flexibility index (Phi) is 5.79. The first-order chi connectivity index (χ1) is 23.7. The Morgan fingerprint density at radius 3 is 2.21 bits per heavy atom. The lowest BCUT2D eigenvalue weighted by Gasteiger charge is -2.12. The number of hydrogen-bond acceptors (Lipinski definition) is 2. The van der Waals surface area contributed by atoms with Crippen molar-refractivity contribution in [1.82, 2.24) is 4.57 Å². The van der Waals surface area contributed by atoms with E-state index in [1.807, 2.05) is 12.1 Å². The molecule has 226 valence electrons. The Morgan fingerprint density at radius 1 is 0.562 bits per heavy atom. The Hall–Kier alpha value is -6.32. The third-order valence-electron chi connectivity index (χ3n) is 10.0. The van der Waals surface area contributed by atoms with Gasteiger partial charge in [-0.2, -0.15) is 0 Å². The summed E-state index contributed by atoms with van der Waals surface area (Å²) in [5.74, 6) is 0. The molecule has 48 heavy (non-hydrogen) atoms. The van der Waals surface area contributed by atoms with Crippen LogP contribution in [0, 0.1) is 0 Å². The fraction of sp³-hybridized carbons (Fsp3) is 0.0222. The Bertz CT molecular complexity index is 2780. The lowest BCUT2D eigenvalue weighted by atomic mass is 9.99. The van der Waals surface area contributed by atoms with Gasteiger partial charge < -0.3 is 14.7 Å². The molecule has 0 saturated carbocycles. The van der Waals surface area contributed by atoms with Gasteiger partial charge in [0.25, 0.3) is 0 Å².